The molecule has 1 amide bonds. The molecule has 3 rings (SSSR count). The number of aryl methyl sites for hydroxylation is 1. The number of nitrogens with zero attached hydrogens (tertiary/aromatic N) is 1. The monoisotopic (exact) mass is 438 g/mol. The Morgan fingerprint density at radius 3 is 2.42 bits per heavy atom. The molecule has 0 saturated heterocycles. The number of hydrogen-bond acceptors (Lipinski definition) is 4. The van der Waals surface area contributed by atoms with Crippen molar-refractivity contribution in [2.24, 2.45) is 0 Å². The summed E-state index contributed by atoms with van der Waals surface area (Å²) in [5.41, 5.74) is 2.77. The summed E-state index contributed by atoms with van der Waals surface area (Å²) in [7, 11) is -2.17. The van der Waals surface area contributed by atoms with Crippen molar-refractivity contribution in [1.29, 1.82) is 0 Å². The van der Waals surface area contributed by atoms with Crippen molar-refractivity contribution in [3.8, 4) is 5.75 Å². The first kappa shape index (κ1) is 22.5. The van der Waals surface area contributed by atoms with Crippen LogP contribution in [0.1, 0.15) is 28.4 Å². The number of carbonyl (C=O) groups excluding carboxylic acids is 1. The van der Waals surface area contributed by atoms with E-state index in [1.54, 1.807) is 48.5 Å². The standard InChI is InChI=1S/C24H26N2O4S/c1-4-30-23-14-13-19(24(27)25-21-10-8-9-18(2)15-21)16-20(23)17-26(3)31(28,29)22-11-6-5-7-12-22/h5-16H,4,17H2,1-3H3,(H,25,27). The Morgan fingerprint density at radius 2 is 1.74 bits per heavy atom. The lowest BCUT2D eigenvalue weighted by molar-refractivity contribution is 0.102. The van der Waals surface area contributed by atoms with Gasteiger partial charge in [-0.3, -0.25) is 4.79 Å². The molecule has 0 unspecified atom stereocenters. The van der Waals surface area contributed by atoms with Crippen LogP contribution >= 0.6 is 0 Å². The summed E-state index contributed by atoms with van der Waals surface area (Å²) in [4.78, 5) is 13.0. The summed E-state index contributed by atoms with van der Waals surface area (Å²) in [5, 5.41) is 2.88. The second-order valence-corrected chi connectivity index (χ2v) is 9.20. The molecular formula is C24H26N2O4S. The van der Waals surface area contributed by atoms with Gasteiger partial charge >= 0.3 is 0 Å². The highest BCUT2D eigenvalue weighted by Gasteiger charge is 2.22. The van der Waals surface area contributed by atoms with E-state index in [4.69, 9.17) is 4.74 Å². The van der Waals surface area contributed by atoms with Gasteiger partial charge in [-0.05, 0) is 61.9 Å². The number of sulfonamides is 1. The van der Waals surface area contributed by atoms with Crippen molar-refractivity contribution in [3.05, 3.63) is 89.5 Å². The summed E-state index contributed by atoms with van der Waals surface area (Å²) in [6, 6.07) is 20.8. The van der Waals surface area contributed by atoms with Gasteiger partial charge in [0.05, 0.1) is 11.5 Å². The Hall–Kier alpha value is -3.16. The average Bonchev–Trinajstić information content (AvgIpc) is 2.75. The van der Waals surface area contributed by atoms with Gasteiger partial charge in [-0.1, -0.05) is 30.3 Å². The van der Waals surface area contributed by atoms with E-state index in [1.807, 2.05) is 38.1 Å². The average molecular weight is 439 g/mol. The van der Waals surface area contributed by atoms with E-state index < -0.39 is 10.0 Å². The van der Waals surface area contributed by atoms with E-state index >= 15 is 0 Å². The second-order valence-electron chi connectivity index (χ2n) is 7.15. The van der Waals surface area contributed by atoms with E-state index in [0.29, 0.717) is 29.2 Å². The van der Waals surface area contributed by atoms with Gasteiger partial charge in [-0.2, -0.15) is 4.31 Å². The molecule has 3 aromatic rings. The summed E-state index contributed by atoms with van der Waals surface area (Å²) in [6.45, 7) is 4.30. The number of anilines is 1. The maximum Gasteiger partial charge on any atom is 0.255 e. The largest absolute Gasteiger partial charge is 0.494 e. The van der Waals surface area contributed by atoms with Gasteiger partial charge in [0.2, 0.25) is 10.0 Å². The van der Waals surface area contributed by atoms with E-state index in [0.717, 1.165) is 5.56 Å². The molecule has 0 saturated carbocycles. The van der Waals surface area contributed by atoms with Gasteiger partial charge in [0, 0.05) is 30.4 Å². The maximum atomic E-state index is 12.9. The molecule has 0 heterocycles. The molecule has 0 bridgehead atoms. The highest BCUT2D eigenvalue weighted by atomic mass is 32.2. The van der Waals surface area contributed by atoms with Crippen LogP contribution in [-0.4, -0.2) is 32.3 Å². The van der Waals surface area contributed by atoms with Gasteiger partial charge in [0.25, 0.3) is 5.91 Å². The van der Waals surface area contributed by atoms with Crippen LogP contribution in [0.3, 0.4) is 0 Å². The Morgan fingerprint density at radius 1 is 1.00 bits per heavy atom. The molecule has 162 valence electrons. The quantitative estimate of drug-likeness (QED) is 0.563. The van der Waals surface area contributed by atoms with Crippen LogP contribution in [0.2, 0.25) is 0 Å². The predicted molar refractivity (Wildman–Crippen MR) is 122 cm³/mol. The van der Waals surface area contributed by atoms with Crippen molar-refractivity contribution in [2.45, 2.75) is 25.3 Å². The number of rotatable bonds is 8. The summed E-state index contributed by atoms with van der Waals surface area (Å²) in [5.74, 6) is 0.271. The van der Waals surface area contributed by atoms with E-state index in [2.05, 4.69) is 5.32 Å². The zero-order chi connectivity index (χ0) is 22.4. The summed E-state index contributed by atoms with van der Waals surface area (Å²) >= 11 is 0. The molecule has 7 heteroatoms. The van der Waals surface area contributed by atoms with Crippen molar-refractivity contribution in [3.63, 3.8) is 0 Å². The predicted octanol–water partition coefficient (Wildman–Crippen LogP) is 4.47. The van der Waals surface area contributed by atoms with Gasteiger partial charge in [0.15, 0.2) is 0 Å². The molecule has 0 aromatic heterocycles. The van der Waals surface area contributed by atoms with Crippen LogP contribution in [-0.2, 0) is 16.6 Å². The minimum Gasteiger partial charge on any atom is -0.494 e. The van der Waals surface area contributed by atoms with Gasteiger partial charge in [-0.15, -0.1) is 0 Å². The number of hydrogen-bond donors (Lipinski definition) is 1. The van der Waals surface area contributed by atoms with E-state index in [-0.39, 0.29) is 17.3 Å². The first-order valence-corrected chi connectivity index (χ1v) is 11.4. The molecule has 0 spiro atoms. The van der Waals surface area contributed by atoms with Crippen molar-refractivity contribution in [2.75, 3.05) is 19.0 Å². The molecule has 0 aliphatic heterocycles. The molecule has 0 atom stereocenters. The van der Waals surface area contributed by atoms with Crippen molar-refractivity contribution in [1.82, 2.24) is 4.31 Å². The molecule has 6 nitrogen and oxygen atoms in total. The molecule has 0 fully saturated rings. The van der Waals surface area contributed by atoms with Gasteiger partial charge in [0.1, 0.15) is 5.75 Å². The Balaban J connectivity index is 1.87. The van der Waals surface area contributed by atoms with E-state index in [1.165, 1.54) is 11.4 Å². The van der Waals surface area contributed by atoms with Crippen LogP contribution < -0.4 is 10.1 Å². The SMILES string of the molecule is CCOc1ccc(C(=O)Nc2cccc(C)c2)cc1CN(C)S(=O)(=O)c1ccccc1. The third-order valence-corrected chi connectivity index (χ3v) is 6.56. The Kier molecular flexibility index (Phi) is 7.09. The highest BCUT2D eigenvalue weighted by Crippen LogP contribution is 2.25. The maximum absolute atomic E-state index is 12.9. The molecule has 0 aliphatic rings. The smallest absolute Gasteiger partial charge is 0.255 e. The second kappa shape index (κ2) is 9.76. The lowest BCUT2D eigenvalue weighted by atomic mass is 10.1. The molecular weight excluding hydrogens is 412 g/mol. The normalized spacial score (nSPS) is 11.4. The number of carbonyl (C=O) groups is 1. The fraction of sp³-hybridized carbons (Fsp3) is 0.208. The molecule has 0 radical (unpaired) electrons. The lowest BCUT2D eigenvalue weighted by Gasteiger charge is -2.20. The molecule has 1 N–H and O–H groups in total. The number of ether oxygens (including phenoxy) is 1. The summed E-state index contributed by atoms with van der Waals surface area (Å²) < 4.78 is 32.7. The number of amides is 1. The zero-order valence-corrected chi connectivity index (χ0v) is 18.6. The highest BCUT2D eigenvalue weighted by molar-refractivity contribution is 7.89. The molecule has 3 aromatic carbocycles. The minimum absolute atomic E-state index is 0.0676. The Labute approximate surface area is 183 Å². The lowest BCUT2D eigenvalue weighted by Crippen LogP contribution is -2.27. The zero-order valence-electron chi connectivity index (χ0n) is 17.8. The third kappa shape index (κ3) is 5.51. The summed E-state index contributed by atoms with van der Waals surface area (Å²) in [6.07, 6.45) is 0. The molecule has 31 heavy (non-hydrogen) atoms. The van der Waals surface area contributed by atoms with Crippen molar-refractivity contribution < 1.29 is 17.9 Å². The number of benzene rings is 3. The Bertz CT molecular complexity index is 1160. The fourth-order valence-electron chi connectivity index (χ4n) is 3.16. The van der Waals surface area contributed by atoms with Crippen LogP contribution in [0.5, 0.6) is 5.75 Å². The van der Waals surface area contributed by atoms with Crippen LogP contribution in [0.25, 0.3) is 0 Å². The van der Waals surface area contributed by atoms with Crippen LogP contribution in [0.15, 0.2) is 77.7 Å². The fourth-order valence-corrected chi connectivity index (χ4v) is 4.33. The third-order valence-electron chi connectivity index (χ3n) is 4.74. The first-order valence-electron chi connectivity index (χ1n) is 9.96. The van der Waals surface area contributed by atoms with Gasteiger partial charge in [-0.25, -0.2) is 8.42 Å². The van der Waals surface area contributed by atoms with Gasteiger partial charge < -0.3 is 10.1 Å². The van der Waals surface area contributed by atoms with E-state index in [9.17, 15) is 13.2 Å². The van der Waals surface area contributed by atoms with Crippen LogP contribution in [0, 0.1) is 6.92 Å². The topological polar surface area (TPSA) is 75.7 Å². The first-order chi connectivity index (χ1) is 14.8. The number of nitrogens with one attached hydrogen (secondary N) is 1. The van der Waals surface area contributed by atoms with Crippen LogP contribution in [0.4, 0.5) is 5.69 Å². The van der Waals surface area contributed by atoms with Crippen molar-refractivity contribution >= 4 is 21.6 Å². The minimum atomic E-state index is -3.68. The molecule has 0 aliphatic carbocycles.